The van der Waals surface area contributed by atoms with E-state index in [1.54, 1.807) is 0 Å². The zero-order chi connectivity index (χ0) is 16.5. The number of likely N-dealkylation sites (tertiary alicyclic amines) is 1. The number of benzene rings is 1. The number of carbonyl (C=O) groups excluding carboxylic acids is 2. The first-order valence-corrected chi connectivity index (χ1v) is 8.21. The number of amides is 2. The van der Waals surface area contributed by atoms with Gasteiger partial charge in [0, 0.05) is 32.5 Å². The number of piperidine rings is 1. The minimum atomic E-state index is 0.0342. The molecule has 0 spiro atoms. The Morgan fingerprint density at radius 1 is 1.30 bits per heavy atom. The summed E-state index contributed by atoms with van der Waals surface area (Å²) in [6.07, 6.45) is 8.56. The second-order valence-corrected chi connectivity index (χ2v) is 6.02. The van der Waals surface area contributed by atoms with Crippen LogP contribution in [0.4, 0.5) is 0 Å². The van der Waals surface area contributed by atoms with E-state index in [2.05, 4.69) is 11.2 Å². The lowest BCUT2D eigenvalue weighted by Gasteiger charge is -2.33. The minimum Gasteiger partial charge on any atom is -0.355 e. The van der Waals surface area contributed by atoms with Crippen LogP contribution < -0.4 is 5.32 Å². The number of carbonyl (C=O) groups is 2. The second-order valence-electron chi connectivity index (χ2n) is 6.02. The summed E-state index contributed by atoms with van der Waals surface area (Å²) in [5.41, 5.74) is 1.01. The van der Waals surface area contributed by atoms with Crippen LogP contribution in [-0.4, -0.2) is 36.3 Å². The van der Waals surface area contributed by atoms with Gasteiger partial charge in [-0.1, -0.05) is 30.3 Å². The summed E-state index contributed by atoms with van der Waals surface area (Å²) in [7, 11) is 0. The van der Waals surface area contributed by atoms with Crippen LogP contribution in [0.15, 0.2) is 30.3 Å². The number of rotatable bonds is 6. The molecule has 122 valence electrons. The smallest absolute Gasteiger partial charge is 0.224 e. The molecule has 1 heterocycles. The molecule has 0 radical (unpaired) electrons. The first-order chi connectivity index (χ1) is 11.2. The molecule has 4 nitrogen and oxygen atoms in total. The Balaban J connectivity index is 1.73. The molecular formula is C19H24N2O2. The highest BCUT2D eigenvalue weighted by molar-refractivity contribution is 5.78. The van der Waals surface area contributed by atoms with Crippen LogP contribution in [0.1, 0.15) is 31.2 Å². The average Bonchev–Trinajstić information content (AvgIpc) is 2.59. The van der Waals surface area contributed by atoms with Gasteiger partial charge in [0.05, 0.1) is 6.42 Å². The number of nitrogens with one attached hydrogen (secondary N) is 1. The quantitative estimate of drug-likeness (QED) is 0.817. The van der Waals surface area contributed by atoms with Crippen LogP contribution in [0, 0.1) is 18.3 Å². The van der Waals surface area contributed by atoms with Gasteiger partial charge in [0.1, 0.15) is 0 Å². The third kappa shape index (κ3) is 5.78. The van der Waals surface area contributed by atoms with Crippen LogP contribution in [0.5, 0.6) is 0 Å². The van der Waals surface area contributed by atoms with Gasteiger partial charge in [-0.25, -0.2) is 0 Å². The molecule has 0 saturated carbocycles. The van der Waals surface area contributed by atoms with Gasteiger partial charge in [0.15, 0.2) is 0 Å². The predicted molar refractivity (Wildman–Crippen MR) is 90.5 cm³/mol. The van der Waals surface area contributed by atoms with Crippen molar-refractivity contribution in [2.45, 2.75) is 32.1 Å². The maximum Gasteiger partial charge on any atom is 0.224 e. The van der Waals surface area contributed by atoms with Crippen molar-refractivity contribution in [1.29, 1.82) is 0 Å². The Bertz CT molecular complexity index is 562. The molecule has 1 aliphatic heterocycles. The SMILES string of the molecule is C#CCCC(=O)N1CCCC(CNC(=O)Cc2ccccc2)C1. The summed E-state index contributed by atoms with van der Waals surface area (Å²) in [4.78, 5) is 25.9. The Labute approximate surface area is 138 Å². The van der Waals surface area contributed by atoms with Crippen LogP contribution in [0.3, 0.4) is 0 Å². The largest absolute Gasteiger partial charge is 0.355 e. The zero-order valence-electron chi connectivity index (χ0n) is 13.5. The van der Waals surface area contributed by atoms with Crippen molar-refractivity contribution in [3.05, 3.63) is 35.9 Å². The summed E-state index contributed by atoms with van der Waals surface area (Å²) in [6.45, 7) is 2.15. The standard InChI is InChI=1S/C19H24N2O2/c1-2-3-11-19(23)21-12-7-10-17(15-21)14-20-18(22)13-16-8-5-4-6-9-16/h1,4-6,8-9,17H,3,7,10-15H2,(H,20,22). The number of nitrogens with zero attached hydrogens (tertiary/aromatic N) is 1. The fourth-order valence-corrected chi connectivity index (χ4v) is 2.90. The highest BCUT2D eigenvalue weighted by Gasteiger charge is 2.23. The molecule has 1 aromatic carbocycles. The van der Waals surface area contributed by atoms with Gasteiger partial charge < -0.3 is 10.2 Å². The molecule has 1 aromatic rings. The lowest BCUT2D eigenvalue weighted by molar-refractivity contribution is -0.132. The van der Waals surface area contributed by atoms with Crippen LogP contribution in [0.2, 0.25) is 0 Å². The Hall–Kier alpha value is -2.28. The highest BCUT2D eigenvalue weighted by Crippen LogP contribution is 2.17. The number of hydrogen-bond donors (Lipinski definition) is 1. The third-order valence-electron chi connectivity index (χ3n) is 4.15. The van der Waals surface area contributed by atoms with Crippen molar-refractivity contribution < 1.29 is 9.59 Å². The third-order valence-corrected chi connectivity index (χ3v) is 4.15. The number of terminal acetylenes is 1. The monoisotopic (exact) mass is 312 g/mol. The molecule has 1 saturated heterocycles. The highest BCUT2D eigenvalue weighted by atomic mass is 16.2. The summed E-state index contributed by atoms with van der Waals surface area (Å²) in [5, 5.41) is 2.99. The van der Waals surface area contributed by atoms with Crippen LogP contribution in [-0.2, 0) is 16.0 Å². The Kier molecular flexibility index (Phi) is 6.68. The van der Waals surface area contributed by atoms with Crippen LogP contribution in [0.25, 0.3) is 0 Å². The van der Waals surface area contributed by atoms with Gasteiger partial charge in [-0.15, -0.1) is 12.3 Å². The molecule has 1 aliphatic rings. The van der Waals surface area contributed by atoms with E-state index < -0.39 is 0 Å². The van der Waals surface area contributed by atoms with Gasteiger partial charge in [0.2, 0.25) is 11.8 Å². The zero-order valence-corrected chi connectivity index (χ0v) is 13.5. The van der Waals surface area contributed by atoms with Gasteiger partial charge in [-0.3, -0.25) is 9.59 Å². The van der Waals surface area contributed by atoms with Gasteiger partial charge in [-0.2, -0.15) is 0 Å². The van der Waals surface area contributed by atoms with Crippen molar-refractivity contribution in [3.8, 4) is 12.3 Å². The fourth-order valence-electron chi connectivity index (χ4n) is 2.90. The second kappa shape index (κ2) is 8.99. The fraction of sp³-hybridized carbons (Fsp3) is 0.474. The lowest BCUT2D eigenvalue weighted by Crippen LogP contribution is -2.43. The molecule has 0 aromatic heterocycles. The summed E-state index contributed by atoms with van der Waals surface area (Å²) in [6, 6.07) is 9.71. The van der Waals surface area contributed by atoms with Crippen LogP contribution >= 0.6 is 0 Å². The molecule has 2 amide bonds. The Morgan fingerprint density at radius 3 is 2.83 bits per heavy atom. The van der Waals surface area contributed by atoms with Crippen molar-refractivity contribution in [1.82, 2.24) is 10.2 Å². The first-order valence-electron chi connectivity index (χ1n) is 8.21. The van der Waals surface area contributed by atoms with Crippen molar-refractivity contribution in [2.75, 3.05) is 19.6 Å². The van der Waals surface area contributed by atoms with E-state index in [-0.39, 0.29) is 11.8 Å². The molecule has 1 fully saturated rings. The van der Waals surface area contributed by atoms with Gasteiger partial charge in [-0.05, 0) is 24.3 Å². The molecule has 4 heteroatoms. The molecule has 1 N–H and O–H groups in total. The molecule has 0 bridgehead atoms. The molecule has 1 atom stereocenters. The topological polar surface area (TPSA) is 49.4 Å². The summed E-state index contributed by atoms with van der Waals surface area (Å²) >= 11 is 0. The van der Waals surface area contributed by atoms with E-state index in [1.807, 2.05) is 35.2 Å². The lowest BCUT2D eigenvalue weighted by atomic mass is 9.97. The first kappa shape index (κ1) is 17.1. The molecular weight excluding hydrogens is 288 g/mol. The Morgan fingerprint density at radius 2 is 2.09 bits per heavy atom. The molecule has 0 aliphatic carbocycles. The van der Waals surface area contributed by atoms with E-state index in [4.69, 9.17) is 6.42 Å². The van der Waals surface area contributed by atoms with E-state index in [0.29, 0.717) is 31.7 Å². The average molecular weight is 312 g/mol. The molecule has 2 rings (SSSR count). The predicted octanol–water partition coefficient (Wildman–Crippen LogP) is 2.00. The summed E-state index contributed by atoms with van der Waals surface area (Å²) < 4.78 is 0. The maximum atomic E-state index is 12.0. The molecule has 1 unspecified atom stereocenters. The molecule has 23 heavy (non-hydrogen) atoms. The van der Waals surface area contributed by atoms with Gasteiger partial charge >= 0.3 is 0 Å². The van der Waals surface area contributed by atoms with Gasteiger partial charge in [0.25, 0.3) is 0 Å². The van der Waals surface area contributed by atoms with E-state index in [1.165, 1.54) is 0 Å². The summed E-state index contributed by atoms with van der Waals surface area (Å²) in [5.74, 6) is 3.00. The van der Waals surface area contributed by atoms with Crippen molar-refractivity contribution >= 4 is 11.8 Å². The van der Waals surface area contributed by atoms with E-state index in [9.17, 15) is 9.59 Å². The van der Waals surface area contributed by atoms with E-state index >= 15 is 0 Å². The normalized spacial score (nSPS) is 17.3. The maximum absolute atomic E-state index is 12.0. The van der Waals surface area contributed by atoms with E-state index in [0.717, 1.165) is 31.5 Å². The van der Waals surface area contributed by atoms with Crippen molar-refractivity contribution in [3.63, 3.8) is 0 Å². The minimum absolute atomic E-state index is 0.0342. The number of hydrogen-bond acceptors (Lipinski definition) is 2. The van der Waals surface area contributed by atoms with Crippen molar-refractivity contribution in [2.24, 2.45) is 5.92 Å².